The number of carbonyl (C=O) groups excluding carboxylic acids is 1. The zero-order chi connectivity index (χ0) is 22.4. The van der Waals surface area contributed by atoms with Gasteiger partial charge in [0.2, 0.25) is 5.91 Å². The number of aromatic nitrogens is 2. The van der Waals surface area contributed by atoms with Crippen LogP contribution in [0.4, 0.5) is 0 Å². The van der Waals surface area contributed by atoms with Gasteiger partial charge in [-0.1, -0.05) is 36.0 Å². The minimum atomic E-state index is -0.0902. The van der Waals surface area contributed by atoms with E-state index >= 15 is 0 Å². The van der Waals surface area contributed by atoms with Crippen LogP contribution in [0.15, 0.2) is 63.2 Å². The largest absolute Gasteiger partial charge is 0.352 e. The first-order valence-electron chi connectivity index (χ1n) is 11.2. The highest BCUT2D eigenvalue weighted by atomic mass is 32.2. The number of hydrogen-bond acceptors (Lipinski definition) is 6. The molecule has 1 aromatic carbocycles. The number of benzene rings is 1. The number of carbonyl (C=O) groups is 1. The Morgan fingerprint density at radius 1 is 1.09 bits per heavy atom. The predicted molar refractivity (Wildman–Crippen MR) is 137 cm³/mol. The first-order chi connectivity index (χ1) is 16.2. The van der Waals surface area contributed by atoms with Crippen LogP contribution < -0.4 is 10.9 Å². The van der Waals surface area contributed by atoms with Crippen molar-refractivity contribution in [3.05, 3.63) is 63.6 Å². The van der Waals surface area contributed by atoms with E-state index in [-0.39, 0.29) is 17.2 Å². The highest BCUT2D eigenvalue weighted by Gasteiger charge is 2.42. The molecule has 4 aromatic rings. The first kappa shape index (κ1) is 21.1. The maximum Gasteiger partial charge on any atom is 0.268 e. The third-order valence-electron chi connectivity index (χ3n) is 6.30. The number of rotatable bonds is 8. The summed E-state index contributed by atoms with van der Waals surface area (Å²) >= 11 is 4.44. The van der Waals surface area contributed by atoms with Crippen molar-refractivity contribution < 1.29 is 4.79 Å². The molecule has 1 N–H and O–H groups in total. The number of amides is 1. The molecule has 8 heteroatoms. The Morgan fingerprint density at radius 2 is 1.85 bits per heavy atom. The van der Waals surface area contributed by atoms with Gasteiger partial charge in [0, 0.05) is 21.9 Å². The van der Waals surface area contributed by atoms with E-state index in [0.29, 0.717) is 33.3 Å². The van der Waals surface area contributed by atoms with Gasteiger partial charge in [0.1, 0.15) is 4.83 Å². The summed E-state index contributed by atoms with van der Waals surface area (Å²) in [5.74, 6) is 1.60. The molecule has 2 aliphatic rings. The summed E-state index contributed by atoms with van der Waals surface area (Å²) in [5.41, 5.74) is 1.60. The van der Waals surface area contributed by atoms with Crippen LogP contribution >= 0.6 is 34.4 Å². The van der Waals surface area contributed by atoms with Gasteiger partial charge in [0.25, 0.3) is 5.56 Å². The molecule has 2 fully saturated rings. The third-order valence-corrected chi connectivity index (χ3v) is 9.01. The summed E-state index contributed by atoms with van der Waals surface area (Å²) in [5, 5.41) is 8.50. The predicted octanol–water partition coefficient (Wildman–Crippen LogP) is 5.57. The van der Waals surface area contributed by atoms with Gasteiger partial charge < -0.3 is 5.32 Å². The van der Waals surface area contributed by atoms with E-state index < -0.39 is 0 Å². The summed E-state index contributed by atoms with van der Waals surface area (Å²) in [7, 11) is 0. The molecule has 3 aromatic heterocycles. The van der Waals surface area contributed by atoms with Crippen LogP contribution in [0.5, 0.6) is 0 Å². The van der Waals surface area contributed by atoms with Gasteiger partial charge in [-0.25, -0.2) is 4.98 Å². The van der Waals surface area contributed by atoms with Gasteiger partial charge in [-0.15, -0.1) is 22.7 Å². The van der Waals surface area contributed by atoms with Crippen LogP contribution in [0, 0.1) is 11.8 Å². The Hall–Kier alpha value is -2.42. The Kier molecular flexibility index (Phi) is 5.60. The quantitative estimate of drug-likeness (QED) is 0.257. The number of para-hydroxylation sites is 1. The molecule has 0 saturated heterocycles. The number of hydrogen-bond donors (Lipinski definition) is 1. The zero-order valence-corrected chi connectivity index (χ0v) is 20.3. The highest BCUT2D eigenvalue weighted by Crippen LogP contribution is 2.44. The molecule has 0 atom stereocenters. The molecular weight excluding hydrogens is 470 g/mol. The molecule has 0 radical (unpaired) electrons. The van der Waals surface area contributed by atoms with Gasteiger partial charge in [0.15, 0.2) is 5.16 Å². The Morgan fingerprint density at radius 3 is 2.52 bits per heavy atom. The summed E-state index contributed by atoms with van der Waals surface area (Å²) < 4.78 is 1.66. The van der Waals surface area contributed by atoms with Crippen LogP contribution in [0.2, 0.25) is 0 Å². The van der Waals surface area contributed by atoms with E-state index in [1.807, 2.05) is 53.2 Å². The van der Waals surface area contributed by atoms with Crippen LogP contribution in [0.3, 0.4) is 0 Å². The molecule has 2 aliphatic carbocycles. The van der Waals surface area contributed by atoms with E-state index in [9.17, 15) is 9.59 Å². The number of thioether (sulfide) groups is 1. The fourth-order valence-corrected chi connectivity index (χ4v) is 7.00. The normalized spacial score (nSPS) is 15.9. The maximum atomic E-state index is 13.8. The van der Waals surface area contributed by atoms with Crippen molar-refractivity contribution in [2.75, 3.05) is 5.75 Å². The summed E-state index contributed by atoms with van der Waals surface area (Å²) in [6.07, 6.45) is 4.91. The van der Waals surface area contributed by atoms with E-state index in [1.54, 1.807) is 15.9 Å². The van der Waals surface area contributed by atoms with Crippen LogP contribution in [0.25, 0.3) is 26.3 Å². The monoisotopic (exact) mass is 493 g/mol. The molecule has 6 rings (SSSR count). The second-order valence-electron chi connectivity index (χ2n) is 8.73. The lowest BCUT2D eigenvalue weighted by atomic mass is 10.1. The summed E-state index contributed by atoms with van der Waals surface area (Å²) in [6, 6.07) is 13.9. The SMILES string of the molecule is O=C(CSc1nc2scc(-c3cccs3)c2c(=O)n1-c1ccccc1)NC(C1CC1)C1CC1. The van der Waals surface area contributed by atoms with Crippen LogP contribution in [-0.4, -0.2) is 27.3 Å². The van der Waals surface area contributed by atoms with Crippen molar-refractivity contribution in [1.29, 1.82) is 0 Å². The summed E-state index contributed by atoms with van der Waals surface area (Å²) in [6.45, 7) is 0. The minimum Gasteiger partial charge on any atom is -0.352 e. The fraction of sp³-hybridized carbons (Fsp3) is 0.320. The topological polar surface area (TPSA) is 64.0 Å². The van der Waals surface area contributed by atoms with E-state index in [0.717, 1.165) is 16.1 Å². The van der Waals surface area contributed by atoms with Crippen molar-refractivity contribution in [3.63, 3.8) is 0 Å². The van der Waals surface area contributed by atoms with Crippen LogP contribution in [0.1, 0.15) is 25.7 Å². The lowest BCUT2D eigenvalue weighted by molar-refractivity contribution is -0.119. The van der Waals surface area contributed by atoms with Gasteiger partial charge in [-0.05, 0) is 61.1 Å². The molecule has 1 amide bonds. The number of thiophene rings is 2. The smallest absolute Gasteiger partial charge is 0.268 e. The molecule has 2 saturated carbocycles. The second-order valence-corrected chi connectivity index (χ2v) is 11.5. The molecule has 0 aliphatic heterocycles. The van der Waals surface area contributed by atoms with Crippen molar-refractivity contribution in [3.8, 4) is 16.1 Å². The van der Waals surface area contributed by atoms with Crippen LogP contribution in [-0.2, 0) is 4.79 Å². The Labute approximate surface area is 203 Å². The average Bonchev–Trinajstić information content (AvgIpc) is 3.75. The Balaban J connectivity index is 1.34. The Bertz CT molecular complexity index is 1340. The average molecular weight is 494 g/mol. The van der Waals surface area contributed by atoms with Gasteiger partial charge in [-0.2, -0.15) is 0 Å². The lowest BCUT2D eigenvalue weighted by Gasteiger charge is -2.18. The first-order valence-corrected chi connectivity index (χ1v) is 14.0. The molecule has 0 bridgehead atoms. The standard InChI is InChI=1S/C25H23N3O2S3/c29-20(26-22(15-8-9-15)16-10-11-16)14-33-25-27-23-21(18(13-32-23)19-7-4-12-31-19)24(30)28(25)17-5-2-1-3-6-17/h1-7,12-13,15-16,22H,8-11,14H2,(H,26,29). The number of nitrogens with one attached hydrogen (secondary N) is 1. The van der Waals surface area contributed by atoms with Crippen molar-refractivity contribution in [1.82, 2.24) is 14.9 Å². The molecular formula is C25H23N3O2S3. The molecule has 168 valence electrons. The van der Waals surface area contributed by atoms with Gasteiger partial charge >= 0.3 is 0 Å². The molecule has 0 spiro atoms. The number of nitrogens with zero attached hydrogens (tertiary/aromatic N) is 2. The maximum absolute atomic E-state index is 13.8. The van der Waals surface area contributed by atoms with Crippen molar-refractivity contribution >= 4 is 50.6 Å². The third kappa shape index (κ3) is 4.27. The molecule has 3 heterocycles. The van der Waals surface area contributed by atoms with Gasteiger partial charge in [-0.3, -0.25) is 14.2 Å². The molecule has 5 nitrogen and oxygen atoms in total. The second kappa shape index (κ2) is 8.74. The molecule has 0 unspecified atom stereocenters. The summed E-state index contributed by atoms with van der Waals surface area (Å²) in [4.78, 5) is 33.2. The highest BCUT2D eigenvalue weighted by molar-refractivity contribution is 7.99. The minimum absolute atomic E-state index is 0.0308. The number of fused-ring (bicyclic) bond motifs is 1. The van der Waals surface area contributed by atoms with Gasteiger partial charge in [0.05, 0.1) is 16.8 Å². The lowest BCUT2D eigenvalue weighted by Crippen LogP contribution is -2.39. The van der Waals surface area contributed by atoms with E-state index in [1.165, 1.54) is 48.8 Å². The van der Waals surface area contributed by atoms with Crippen molar-refractivity contribution in [2.24, 2.45) is 11.8 Å². The van der Waals surface area contributed by atoms with Crippen molar-refractivity contribution in [2.45, 2.75) is 36.9 Å². The molecule has 33 heavy (non-hydrogen) atoms. The van der Waals surface area contributed by atoms with E-state index in [2.05, 4.69) is 5.32 Å². The fourth-order valence-electron chi connectivity index (χ4n) is 4.38. The zero-order valence-electron chi connectivity index (χ0n) is 17.9. The van der Waals surface area contributed by atoms with E-state index in [4.69, 9.17) is 4.98 Å².